The van der Waals surface area contributed by atoms with E-state index in [0.717, 1.165) is 32.1 Å². The van der Waals surface area contributed by atoms with Gasteiger partial charge >= 0.3 is 0 Å². The van der Waals surface area contributed by atoms with Gasteiger partial charge < -0.3 is 20.1 Å². The molecule has 0 saturated heterocycles. The highest BCUT2D eigenvalue weighted by Gasteiger charge is 2.25. The van der Waals surface area contributed by atoms with Crippen molar-refractivity contribution in [3.63, 3.8) is 0 Å². The van der Waals surface area contributed by atoms with E-state index >= 15 is 0 Å². The molecular formula is C24H48N2O4. The lowest BCUT2D eigenvalue weighted by atomic mass is 9.83. The Labute approximate surface area is 185 Å². The molecule has 2 N–H and O–H groups in total. The minimum Gasteiger partial charge on any atom is -0.382 e. The lowest BCUT2D eigenvalue weighted by Crippen LogP contribution is -2.43. The van der Waals surface area contributed by atoms with Crippen LogP contribution in [0.15, 0.2) is 0 Å². The summed E-state index contributed by atoms with van der Waals surface area (Å²) in [5, 5.41) is 6.12. The molecule has 30 heavy (non-hydrogen) atoms. The number of rotatable bonds is 16. The summed E-state index contributed by atoms with van der Waals surface area (Å²) in [5.41, 5.74) is 0.385. The van der Waals surface area contributed by atoms with Crippen molar-refractivity contribution in [3.8, 4) is 0 Å². The maximum atomic E-state index is 12.4. The maximum Gasteiger partial charge on any atom is 0.245 e. The number of hydrogen-bond donors (Lipinski definition) is 2. The van der Waals surface area contributed by atoms with Gasteiger partial charge in [-0.1, -0.05) is 54.4 Å². The Kier molecular flexibility index (Phi) is 15.0. The second-order valence-electron chi connectivity index (χ2n) is 10.5. The summed E-state index contributed by atoms with van der Waals surface area (Å²) in [5.74, 6) is 0.0606. The predicted octanol–water partition coefficient (Wildman–Crippen LogP) is 4.46. The van der Waals surface area contributed by atoms with Crippen molar-refractivity contribution in [1.82, 2.24) is 10.6 Å². The van der Waals surface area contributed by atoms with E-state index in [0.29, 0.717) is 31.6 Å². The Morgan fingerprint density at radius 3 is 2.17 bits per heavy atom. The zero-order valence-corrected chi connectivity index (χ0v) is 20.7. The summed E-state index contributed by atoms with van der Waals surface area (Å²) in [6.45, 7) is 14.9. The Balaban J connectivity index is 4.03. The first-order valence-electron chi connectivity index (χ1n) is 11.6. The van der Waals surface area contributed by atoms with Crippen molar-refractivity contribution in [1.29, 1.82) is 0 Å². The van der Waals surface area contributed by atoms with Gasteiger partial charge in [-0.05, 0) is 42.9 Å². The molecule has 6 nitrogen and oxygen atoms in total. The van der Waals surface area contributed by atoms with Crippen LogP contribution in [0.25, 0.3) is 0 Å². The molecule has 0 bridgehead atoms. The van der Waals surface area contributed by atoms with Gasteiger partial charge in [-0.3, -0.25) is 9.59 Å². The van der Waals surface area contributed by atoms with Gasteiger partial charge in [0.15, 0.2) is 0 Å². The van der Waals surface area contributed by atoms with Crippen LogP contribution in [0.5, 0.6) is 0 Å². The Morgan fingerprint density at radius 1 is 0.867 bits per heavy atom. The van der Waals surface area contributed by atoms with Crippen LogP contribution in [0.3, 0.4) is 0 Å². The van der Waals surface area contributed by atoms with Gasteiger partial charge in [0.25, 0.3) is 0 Å². The summed E-state index contributed by atoms with van der Waals surface area (Å²) < 4.78 is 10.1. The van der Waals surface area contributed by atoms with E-state index < -0.39 is 0 Å². The maximum absolute atomic E-state index is 12.4. The molecule has 0 spiro atoms. The predicted molar refractivity (Wildman–Crippen MR) is 123 cm³/mol. The molecule has 2 amide bonds. The van der Waals surface area contributed by atoms with Gasteiger partial charge in [-0.15, -0.1) is 0 Å². The second kappa shape index (κ2) is 15.6. The molecule has 178 valence electrons. The third-order valence-electron chi connectivity index (χ3n) is 5.12. The van der Waals surface area contributed by atoms with Crippen molar-refractivity contribution < 1.29 is 19.1 Å². The van der Waals surface area contributed by atoms with E-state index in [9.17, 15) is 9.59 Å². The molecule has 0 aromatic carbocycles. The van der Waals surface area contributed by atoms with E-state index in [-0.39, 0.29) is 29.9 Å². The Morgan fingerprint density at radius 2 is 1.57 bits per heavy atom. The van der Waals surface area contributed by atoms with Gasteiger partial charge in [0.2, 0.25) is 11.8 Å². The summed E-state index contributed by atoms with van der Waals surface area (Å²) in [7, 11) is 1.60. The van der Waals surface area contributed by atoms with Crippen LogP contribution in [-0.2, 0) is 19.1 Å². The highest BCUT2D eigenvalue weighted by molar-refractivity contribution is 5.77. The largest absolute Gasteiger partial charge is 0.382 e. The zero-order valence-electron chi connectivity index (χ0n) is 20.7. The van der Waals surface area contributed by atoms with E-state index in [1.807, 2.05) is 0 Å². The first-order chi connectivity index (χ1) is 14.0. The number of hydrogen-bond acceptors (Lipinski definition) is 4. The lowest BCUT2D eigenvalue weighted by Gasteiger charge is -2.32. The highest BCUT2D eigenvalue weighted by Crippen LogP contribution is 2.24. The first kappa shape index (κ1) is 28.9. The SMILES string of the molecule is COCCOCC(=O)NCCCC[C@H](NC(=O)CCCCCC(C)(C)C)C(C)(C)C. The molecule has 0 unspecified atom stereocenters. The number of amides is 2. The zero-order chi connectivity index (χ0) is 23.0. The molecule has 0 fully saturated rings. The minimum atomic E-state index is -0.0989. The fraction of sp³-hybridized carbons (Fsp3) is 0.917. The quantitative estimate of drug-likeness (QED) is 0.356. The number of methoxy groups -OCH3 is 1. The monoisotopic (exact) mass is 428 g/mol. The molecule has 0 saturated carbocycles. The molecule has 0 rings (SSSR count). The number of ether oxygens (including phenoxy) is 2. The molecule has 0 aliphatic carbocycles. The third-order valence-corrected chi connectivity index (χ3v) is 5.12. The average molecular weight is 429 g/mol. The van der Waals surface area contributed by atoms with Crippen LogP contribution in [0.4, 0.5) is 0 Å². The van der Waals surface area contributed by atoms with E-state index in [1.54, 1.807) is 7.11 Å². The van der Waals surface area contributed by atoms with Crippen LogP contribution in [0.1, 0.15) is 92.9 Å². The number of carbonyl (C=O) groups is 2. The Bertz CT molecular complexity index is 467. The van der Waals surface area contributed by atoms with E-state index in [4.69, 9.17) is 9.47 Å². The van der Waals surface area contributed by atoms with E-state index in [2.05, 4.69) is 52.2 Å². The number of unbranched alkanes of at least 4 members (excludes halogenated alkanes) is 3. The average Bonchev–Trinajstić information content (AvgIpc) is 2.62. The summed E-state index contributed by atoms with van der Waals surface area (Å²) in [6, 6.07) is 0.146. The van der Waals surface area contributed by atoms with Crippen molar-refractivity contribution in [2.45, 2.75) is 99.0 Å². The van der Waals surface area contributed by atoms with Crippen LogP contribution in [0, 0.1) is 10.8 Å². The van der Waals surface area contributed by atoms with Crippen molar-refractivity contribution in [2.75, 3.05) is 33.5 Å². The molecule has 0 aromatic heterocycles. The van der Waals surface area contributed by atoms with Gasteiger partial charge in [0.1, 0.15) is 6.61 Å². The molecule has 0 aromatic rings. The van der Waals surface area contributed by atoms with Crippen LogP contribution >= 0.6 is 0 Å². The van der Waals surface area contributed by atoms with Gasteiger partial charge in [0, 0.05) is 26.1 Å². The number of carbonyl (C=O) groups excluding carboxylic acids is 2. The normalized spacial score (nSPS) is 13.2. The Hall–Kier alpha value is -1.14. The summed E-state index contributed by atoms with van der Waals surface area (Å²) in [6.07, 6.45) is 7.82. The molecule has 6 heteroatoms. The number of nitrogens with one attached hydrogen (secondary N) is 2. The first-order valence-corrected chi connectivity index (χ1v) is 11.6. The van der Waals surface area contributed by atoms with Crippen LogP contribution < -0.4 is 10.6 Å². The fourth-order valence-electron chi connectivity index (χ4n) is 3.17. The molecule has 0 heterocycles. The summed E-state index contributed by atoms with van der Waals surface area (Å²) >= 11 is 0. The van der Waals surface area contributed by atoms with Crippen LogP contribution in [-0.4, -0.2) is 51.3 Å². The van der Waals surface area contributed by atoms with Crippen molar-refractivity contribution >= 4 is 11.8 Å². The smallest absolute Gasteiger partial charge is 0.245 e. The van der Waals surface area contributed by atoms with Gasteiger partial charge in [-0.2, -0.15) is 0 Å². The third kappa shape index (κ3) is 17.7. The second-order valence-corrected chi connectivity index (χ2v) is 10.5. The fourth-order valence-corrected chi connectivity index (χ4v) is 3.17. The molecule has 0 aliphatic rings. The lowest BCUT2D eigenvalue weighted by molar-refractivity contribution is -0.126. The molecule has 0 radical (unpaired) electrons. The van der Waals surface area contributed by atoms with Crippen LogP contribution in [0.2, 0.25) is 0 Å². The van der Waals surface area contributed by atoms with Crippen molar-refractivity contribution in [3.05, 3.63) is 0 Å². The summed E-state index contributed by atoms with van der Waals surface area (Å²) in [4.78, 5) is 24.1. The molecule has 1 atom stereocenters. The van der Waals surface area contributed by atoms with Crippen molar-refractivity contribution in [2.24, 2.45) is 10.8 Å². The highest BCUT2D eigenvalue weighted by atomic mass is 16.5. The van der Waals surface area contributed by atoms with Gasteiger partial charge in [0.05, 0.1) is 13.2 Å². The van der Waals surface area contributed by atoms with E-state index in [1.165, 1.54) is 12.8 Å². The van der Waals surface area contributed by atoms with Gasteiger partial charge in [-0.25, -0.2) is 0 Å². The molecular weight excluding hydrogens is 380 g/mol. The molecule has 0 aliphatic heterocycles. The standard InChI is InChI=1S/C24H48N2O4/c1-23(2,3)15-11-8-9-14-21(27)26-20(24(4,5)6)13-10-12-16-25-22(28)19-30-18-17-29-7/h20H,8-19H2,1-7H3,(H,25,28)(H,26,27)/t20-/m0/s1. The topological polar surface area (TPSA) is 76.7 Å². The minimum absolute atomic E-state index is 0.0142.